The summed E-state index contributed by atoms with van der Waals surface area (Å²) in [6.07, 6.45) is -2.44. The van der Waals surface area contributed by atoms with Crippen LogP contribution in [0.15, 0.2) is 0 Å². The average Bonchev–Trinajstić information content (AvgIpc) is 2.78. The highest BCUT2D eigenvalue weighted by Gasteiger charge is 2.27. The van der Waals surface area contributed by atoms with Crippen molar-refractivity contribution in [1.82, 2.24) is 5.32 Å². The van der Waals surface area contributed by atoms with E-state index in [1.54, 1.807) is 0 Å². The van der Waals surface area contributed by atoms with Gasteiger partial charge in [-0.3, -0.25) is 0 Å². The van der Waals surface area contributed by atoms with Crippen molar-refractivity contribution < 1.29 is 38.4 Å². The molecule has 0 spiro atoms. The van der Waals surface area contributed by atoms with Crippen LogP contribution in [0.5, 0.6) is 0 Å². The first kappa shape index (κ1) is 14.0. The van der Waals surface area contributed by atoms with Gasteiger partial charge in [-0.15, -0.1) is 0 Å². The summed E-state index contributed by atoms with van der Waals surface area (Å²) in [7, 11) is 1.12. The number of carbonyl (C=O) groups excluding carboxylic acids is 3. The van der Waals surface area contributed by atoms with E-state index in [0.717, 1.165) is 7.11 Å². The zero-order valence-corrected chi connectivity index (χ0v) is 9.58. The van der Waals surface area contributed by atoms with Crippen LogP contribution in [0.3, 0.4) is 0 Å². The predicted molar refractivity (Wildman–Crippen MR) is 53.6 cm³/mol. The number of esters is 1. The number of nitrogens with one attached hydrogen (secondary N) is 1. The number of rotatable bonds is 5. The van der Waals surface area contributed by atoms with Crippen LogP contribution in [-0.4, -0.2) is 62.4 Å². The molecule has 0 aromatic heterocycles. The molecule has 1 fully saturated rings. The number of aliphatic hydroxyl groups is 1. The van der Waals surface area contributed by atoms with Crippen molar-refractivity contribution >= 4 is 18.2 Å². The third-order valence-corrected chi connectivity index (χ3v) is 2.01. The molecule has 1 aliphatic rings. The lowest BCUT2D eigenvalue weighted by molar-refractivity contribution is -0.144. The van der Waals surface area contributed by atoms with Gasteiger partial charge in [0.1, 0.15) is 13.2 Å². The minimum Gasteiger partial charge on any atom is -0.467 e. The number of ether oxygens (including phenoxy) is 4. The van der Waals surface area contributed by atoms with Crippen LogP contribution >= 0.6 is 0 Å². The van der Waals surface area contributed by atoms with Gasteiger partial charge in [0.15, 0.2) is 12.1 Å². The molecule has 1 saturated heterocycles. The van der Waals surface area contributed by atoms with E-state index in [4.69, 9.17) is 5.11 Å². The first-order chi connectivity index (χ1) is 8.56. The van der Waals surface area contributed by atoms with Crippen molar-refractivity contribution in [3.05, 3.63) is 0 Å². The van der Waals surface area contributed by atoms with E-state index in [9.17, 15) is 14.4 Å². The zero-order valence-electron chi connectivity index (χ0n) is 9.58. The number of hydrogen-bond donors (Lipinski definition) is 2. The van der Waals surface area contributed by atoms with Gasteiger partial charge in [0.05, 0.1) is 13.7 Å². The number of amides is 1. The molecule has 18 heavy (non-hydrogen) atoms. The van der Waals surface area contributed by atoms with E-state index >= 15 is 0 Å². The van der Waals surface area contributed by atoms with Crippen molar-refractivity contribution in [2.45, 2.75) is 12.1 Å². The van der Waals surface area contributed by atoms with Crippen molar-refractivity contribution in [3.63, 3.8) is 0 Å². The van der Waals surface area contributed by atoms with Crippen LogP contribution in [0, 0.1) is 0 Å². The topological polar surface area (TPSA) is 120 Å². The lowest BCUT2D eigenvalue weighted by Crippen LogP contribution is -2.44. The fraction of sp³-hybridized carbons (Fsp3) is 0.667. The van der Waals surface area contributed by atoms with Gasteiger partial charge in [-0.05, 0) is 0 Å². The fourth-order valence-corrected chi connectivity index (χ4v) is 1.12. The lowest BCUT2D eigenvalue weighted by Gasteiger charge is -2.14. The third-order valence-electron chi connectivity index (χ3n) is 2.01. The largest absolute Gasteiger partial charge is 0.508 e. The summed E-state index contributed by atoms with van der Waals surface area (Å²) >= 11 is 0. The van der Waals surface area contributed by atoms with Crippen molar-refractivity contribution in [1.29, 1.82) is 0 Å². The number of methoxy groups -OCH3 is 1. The first-order valence-electron chi connectivity index (χ1n) is 5.02. The van der Waals surface area contributed by atoms with E-state index < -0.39 is 37.0 Å². The number of cyclic esters (lactones) is 2. The Morgan fingerprint density at radius 1 is 1.61 bits per heavy atom. The maximum atomic E-state index is 11.2. The second-order valence-electron chi connectivity index (χ2n) is 3.30. The van der Waals surface area contributed by atoms with Gasteiger partial charge in [0.2, 0.25) is 0 Å². The Morgan fingerprint density at radius 3 is 2.83 bits per heavy atom. The second-order valence-corrected chi connectivity index (χ2v) is 3.30. The SMILES string of the molecule is COC(=O)[C@H](CO)NC(=O)OCC1COC(=O)O1. The molecule has 2 atom stereocenters. The van der Waals surface area contributed by atoms with Gasteiger partial charge in [-0.2, -0.15) is 0 Å². The second kappa shape index (κ2) is 6.64. The van der Waals surface area contributed by atoms with Crippen LogP contribution in [0.4, 0.5) is 9.59 Å². The van der Waals surface area contributed by atoms with E-state index in [0.29, 0.717) is 0 Å². The molecule has 1 heterocycles. The first-order valence-corrected chi connectivity index (χ1v) is 5.02. The molecular formula is C9H13NO8. The monoisotopic (exact) mass is 263 g/mol. The molecule has 0 saturated carbocycles. The van der Waals surface area contributed by atoms with Crippen molar-refractivity contribution in [2.24, 2.45) is 0 Å². The third kappa shape index (κ3) is 4.09. The molecule has 102 valence electrons. The van der Waals surface area contributed by atoms with E-state index in [1.165, 1.54) is 0 Å². The summed E-state index contributed by atoms with van der Waals surface area (Å²) in [5.41, 5.74) is 0. The summed E-state index contributed by atoms with van der Waals surface area (Å²) in [4.78, 5) is 32.8. The molecule has 1 unspecified atom stereocenters. The molecule has 1 rings (SSSR count). The molecule has 2 N–H and O–H groups in total. The zero-order chi connectivity index (χ0) is 13.5. The number of hydrogen-bond acceptors (Lipinski definition) is 8. The van der Waals surface area contributed by atoms with Crippen LogP contribution < -0.4 is 5.32 Å². The maximum Gasteiger partial charge on any atom is 0.508 e. The molecule has 9 nitrogen and oxygen atoms in total. The highest BCUT2D eigenvalue weighted by atomic mass is 16.8. The minimum atomic E-state index is -1.20. The quantitative estimate of drug-likeness (QED) is 0.468. The van der Waals surface area contributed by atoms with E-state index in [-0.39, 0.29) is 13.2 Å². The van der Waals surface area contributed by atoms with Gasteiger partial charge in [0, 0.05) is 0 Å². The molecule has 0 aromatic carbocycles. The van der Waals surface area contributed by atoms with Crippen molar-refractivity contribution in [2.75, 3.05) is 26.9 Å². The number of aliphatic hydroxyl groups excluding tert-OH is 1. The van der Waals surface area contributed by atoms with E-state index in [2.05, 4.69) is 24.3 Å². The van der Waals surface area contributed by atoms with Gasteiger partial charge in [0.25, 0.3) is 0 Å². The lowest BCUT2D eigenvalue weighted by atomic mass is 10.3. The minimum absolute atomic E-state index is 0.00740. The number of alkyl carbamates (subject to hydrolysis) is 1. The van der Waals surface area contributed by atoms with E-state index in [1.807, 2.05) is 0 Å². The van der Waals surface area contributed by atoms with Crippen LogP contribution in [-0.2, 0) is 23.7 Å². The normalized spacial score (nSPS) is 19.4. The summed E-state index contributed by atoms with van der Waals surface area (Å²) < 4.78 is 18.1. The molecule has 0 radical (unpaired) electrons. The smallest absolute Gasteiger partial charge is 0.467 e. The highest BCUT2D eigenvalue weighted by molar-refractivity contribution is 5.81. The standard InChI is InChI=1S/C9H13NO8/c1-15-7(12)6(2-11)10-8(13)16-3-5-4-17-9(14)18-5/h5-6,11H,2-4H2,1H3,(H,10,13)/t5?,6-/m0/s1. The summed E-state index contributed by atoms with van der Waals surface area (Å²) in [6, 6.07) is -1.20. The molecular weight excluding hydrogens is 250 g/mol. The Labute approximate surface area is 102 Å². The molecule has 0 bridgehead atoms. The maximum absolute atomic E-state index is 11.2. The summed E-state index contributed by atoms with van der Waals surface area (Å²) in [5, 5.41) is 10.9. The number of carbonyl (C=O) groups is 3. The molecule has 9 heteroatoms. The fourth-order valence-electron chi connectivity index (χ4n) is 1.12. The van der Waals surface area contributed by atoms with Gasteiger partial charge < -0.3 is 29.4 Å². The van der Waals surface area contributed by atoms with Crippen LogP contribution in [0.25, 0.3) is 0 Å². The molecule has 1 aliphatic heterocycles. The highest BCUT2D eigenvalue weighted by Crippen LogP contribution is 2.06. The Balaban J connectivity index is 2.28. The molecule has 0 aliphatic carbocycles. The van der Waals surface area contributed by atoms with Crippen LogP contribution in [0.2, 0.25) is 0 Å². The van der Waals surface area contributed by atoms with Crippen LogP contribution in [0.1, 0.15) is 0 Å². The van der Waals surface area contributed by atoms with Gasteiger partial charge in [-0.25, -0.2) is 14.4 Å². The van der Waals surface area contributed by atoms with Gasteiger partial charge in [-0.1, -0.05) is 0 Å². The Morgan fingerprint density at radius 2 is 2.33 bits per heavy atom. The molecule has 0 aromatic rings. The van der Waals surface area contributed by atoms with Crippen molar-refractivity contribution in [3.8, 4) is 0 Å². The Bertz CT molecular complexity index is 331. The summed E-state index contributed by atoms with van der Waals surface area (Å²) in [6.45, 7) is -0.841. The average molecular weight is 263 g/mol. The Hall–Kier alpha value is -2.03. The predicted octanol–water partition coefficient (Wildman–Crippen LogP) is -1.22. The summed E-state index contributed by atoms with van der Waals surface area (Å²) in [5.74, 6) is -0.801. The van der Waals surface area contributed by atoms with Gasteiger partial charge >= 0.3 is 18.2 Å². The molecule has 1 amide bonds. The Kier molecular flexibility index (Phi) is 5.18.